The van der Waals surface area contributed by atoms with Gasteiger partial charge in [0, 0.05) is 12.6 Å². The van der Waals surface area contributed by atoms with Gasteiger partial charge in [0.05, 0.1) is 24.3 Å². The van der Waals surface area contributed by atoms with E-state index < -0.39 is 0 Å². The standard InChI is InChI=1S/C22H24N2O3S/c1-5-15-10-7-8-12-17(15)23-22-24(3)21(25)19(28-22)14-16-11-9-13-18(26-4)20(16)27-6-2/h7-14H,5-6H2,1-4H3/b19-14+,23-22?. The lowest BCUT2D eigenvalue weighted by Gasteiger charge is -2.12. The smallest absolute Gasteiger partial charge is 0.266 e. The van der Waals surface area contributed by atoms with Crippen LogP contribution in [0.3, 0.4) is 0 Å². The number of carbonyl (C=O) groups is 1. The van der Waals surface area contributed by atoms with Crippen LogP contribution in [0, 0.1) is 0 Å². The van der Waals surface area contributed by atoms with Crippen molar-refractivity contribution in [1.82, 2.24) is 4.90 Å². The summed E-state index contributed by atoms with van der Waals surface area (Å²) >= 11 is 1.37. The van der Waals surface area contributed by atoms with Crippen molar-refractivity contribution in [1.29, 1.82) is 0 Å². The molecule has 5 nitrogen and oxygen atoms in total. The Kier molecular flexibility index (Phi) is 6.41. The quantitative estimate of drug-likeness (QED) is 0.653. The van der Waals surface area contributed by atoms with Crippen LogP contribution in [0.25, 0.3) is 6.08 Å². The molecule has 1 saturated heterocycles. The largest absolute Gasteiger partial charge is 0.493 e. The summed E-state index contributed by atoms with van der Waals surface area (Å²) in [7, 11) is 3.35. The molecular formula is C22H24N2O3S. The molecule has 0 bridgehead atoms. The van der Waals surface area contributed by atoms with Gasteiger partial charge in [-0.3, -0.25) is 9.69 Å². The van der Waals surface area contributed by atoms with Gasteiger partial charge in [0.25, 0.3) is 5.91 Å². The van der Waals surface area contributed by atoms with Crippen molar-refractivity contribution in [3.05, 3.63) is 58.5 Å². The van der Waals surface area contributed by atoms with E-state index in [4.69, 9.17) is 14.5 Å². The molecule has 1 aliphatic heterocycles. The monoisotopic (exact) mass is 396 g/mol. The van der Waals surface area contributed by atoms with Crippen molar-refractivity contribution in [2.24, 2.45) is 4.99 Å². The van der Waals surface area contributed by atoms with Gasteiger partial charge in [-0.2, -0.15) is 0 Å². The molecule has 1 amide bonds. The molecule has 3 rings (SSSR count). The molecule has 2 aromatic carbocycles. The molecule has 0 N–H and O–H groups in total. The van der Waals surface area contributed by atoms with E-state index in [1.165, 1.54) is 11.8 Å². The molecule has 0 saturated carbocycles. The zero-order valence-corrected chi connectivity index (χ0v) is 17.4. The molecule has 0 aliphatic carbocycles. The number of carbonyl (C=O) groups excluding carboxylic acids is 1. The Labute approximate surface area is 170 Å². The Morgan fingerprint density at radius 2 is 1.93 bits per heavy atom. The lowest BCUT2D eigenvalue weighted by Crippen LogP contribution is -2.23. The summed E-state index contributed by atoms with van der Waals surface area (Å²) in [5.74, 6) is 1.20. The predicted octanol–water partition coefficient (Wildman–Crippen LogP) is 4.89. The number of thioether (sulfide) groups is 1. The van der Waals surface area contributed by atoms with Crippen LogP contribution in [-0.4, -0.2) is 36.7 Å². The first kappa shape index (κ1) is 20.0. The van der Waals surface area contributed by atoms with E-state index in [0.29, 0.717) is 28.2 Å². The zero-order valence-electron chi connectivity index (χ0n) is 16.6. The molecule has 0 aromatic heterocycles. The number of para-hydroxylation sites is 2. The van der Waals surface area contributed by atoms with E-state index in [9.17, 15) is 4.79 Å². The summed E-state index contributed by atoms with van der Waals surface area (Å²) in [6.45, 7) is 4.53. The first-order chi connectivity index (χ1) is 13.6. The summed E-state index contributed by atoms with van der Waals surface area (Å²) in [5, 5.41) is 0.665. The van der Waals surface area contributed by atoms with Gasteiger partial charge in [-0.15, -0.1) is 0 Å². The van der Waals surface area contributed by atoms with Gasteiger partial charge in [0.2, 0.25) is 0 Å². The number of rotatable bonds is 6. The third-order valence-corrected chi connectivity index (χ3v) is 5.46. The van der Waals surface area contributed by atoms with Gasteiger partial charge >= 0.3 is 0 Å². The van der Waals surface area contributed by atoms with Crippen molar-refractivity contribution in [3.8, 4) is 11.5 Å². The third kappa shape index (κ3) is 4.07. The molecule has 1 heterocycles. The topological polar surface area (TPSA) is 51.1 Å². The van der Waals surface area contributed by atoms with Crippen LogP contribution in [0.5, 0.6) is 11.5 Å². The third-order valence-electron chi connectivity index (χ3n) is 4.40. The van der Waals surface area contributed by atoms with Crippen LogP contribution in [0.4, 0.5) is 5.69 Å². The number of nitrogens with zero attached hydrogens (tertiary/aromatic N) is 2. The fraction of sp³-hybridized carbons (Fsp3) is 0.273. The molecule has 0 radical (unpaired) electrons. The number of aryl methyl sites for hydroxylation is 1. The fourth-order valence-electron chi connectivity index (χ4n) is 2.92. The molecule has 0 spiro atoms. The lowest BCUT2D eigenvalue weighted by molar-refractivity contribution is -0.121. The number of hydrogen-bond acceptors (Lipinski definition) is 5. The molecule has 146 valence electrons. The molecule has 0 unspecified atom stereocenters. The highest BCUT2D eigenvalue weighted by Crippen LogP contribution is 2.38. The molecular weight excluding hydrogens is 372 g/mol. The van der Waals surface area contributed by atoms with Crippen LogP contribution in [0.1, 0.15) is 25.0 Å². The minimum atomic E-state index is -0.0806. The highest BCUT2D eigenvalue weighted by molar-refractivity contribution is 8.18. The number of methoxy groups -OCH3 is 1. The highest BCUT2D eigenvalue weighted by Gasteiger charge is 2.31. The van der Waals surface area contributed by atoms with Crippen LogP contribution in [0.2, 0.25) is 0 Å². The van der Waals surface area contributed by atoms with Gasteiger partial charge in [0.15, 0.2) is 16.7 Å². The molecule has 1 fully saturated rings. The Morgan fingerprint density at radius 3 is 2.64 bits per heavy atom. The number of likely N-dealkylation sites (N-methyl/N-ethyl adjacent to an activating group) is 1. The molecule has 28 heavy (non-hydrogen) atoms. The number of amides is 1. The van der Waals surface area contributed by atoms with Crippen molar-refractivity contribution in [2.75, 3.05) is 20.8 Å². The molecule has 0 atom stereocenters. The molecule has 2 aromatic rings. The van der Waals surface area contributed by atoms with Crippen molar-refractivity contribution in [2.45, 2.75) is 20.3 Å². The minimum absolute atomic E-state index is 0.0806. The second-order valence-electron chi connectivity index (χ2n) is 6.16. The number of benzene rings is 2. The summed E-state index contributed by atoms with van der Waals surface area (Å²) < 4.78 is 11.1. The van der Waals surface area contributed by atoms with E-state index in [0.717, 1.165) is 23.2 Å². The second kappa shape index (κ2) is 8.97. The maximum atomic E-state index is 12.8. The van der Waals surface area contributed by atoms with Crippen molar-refractivity contribution in [3.63, 3.8) is 0 Å². The van der Waals surface area contributed by atoms with Crippen molar-refractivity contribution >= 4 is 34.6 Å². The van der Waals surface area contributed by atoms with E-state index in [-0.39, 0.29) is 5.91 Å². The Hall–Kier alpha value is -2.73. The summed E-state index contributed by atoms with van der Waals surface area (Å²) in [5.41, 5.74) is 2.85. The van der Waals surface area contributed by atoms with E-state index in [1.807, 2.05) is 49.4 Å². The average molecular weight is 397 g/mol. The maximum Gasteiger partial charge on any atom is 0.266 e. The minimum Gasteiger partial charge on any atom is -0.493 e. The normalized spacial score (nSPS) is 16.9. The van der Waals surface area contributed by atoms with E-state index in [2.05, 4.69) is 13.0 Å². The average Bonchev–Trinajstić information content (AvgIpc) is 2.97. The van der Waals surface area contributed by atoms with Gasteiger partial charge < -0.3 is 9.47 Å². The van der Waals surface area contributed by atoms with Gasteiger partial charge in [-0.1, -0.05) is 37.3 Å². The lowest BCUT2D eigenvalue weighted by atomic mass is 10.1. The van der Waals surface area contributed by atoms with Gasteiger partial charge in [0.1, 0.15) is 0 Å². The molecule has 1 aliphatic rings. The second-order valence-corrected chi connectivity index (χ2v) is 7.17. The Balaban J connectivity index is 1.97. The maximum absolute atomic E-state index is 12.8. The predicted molar refractivity (Wildman–Crippen MR) is 115 cm³/mol. The van der Waals surface area contributed by atoms with E-state index >= 15 is 0 Å². The van der Waals surface area contributed by atoms with Crippen molar-refractivity contribution < 1.29 is 14.3 Å². The van der Waals surface area contributed by atoms with E-state index in [1.54, 1.807) is 19.1 Å². The van der Waals surface area contributed by atoms with Crippen LogP contribution in [0.15, 0.2) is 52.4 Å². The zero-order chi connectivity index (χ0) is 20.1. The van der Waals surface area contributed by atoms with Gasteiger partial charge in [-0.05, 0) is 48.9 Å². The number of amidine groups is 1. The first-order valence-electron chi connectivity index (χ1n) is 9.23. The van der Waals surface area contributed by atoms with Gasteiger partial charge in [-0.25, -0.2) is 4.99 Å². The summed E-state index contributed by atoms with van der Waals surface area (Å²) in [4.78, 5) is 19.7. The summed E-state index contributed by atoms with van der Waals surface area (Å²) in [6.07, 6.45) is 2.73. The van der Waals surface area contributed by atoms with Crippen LogP contribution in [-0.2, 0) is 11.2 Å². The SMILES string of the molecule is CCOc1c(/C=C2/SC(=Nc3ccccc3CC)N(C)C2=O)cccc1OC. The van der Waals surface area contributed by atoms with Crippen LogP contribution < -0.4 is 9.47 Å². The number of ether oxygens (including phenoxy) is 2. The summed E-state index contributed by atoms with van der Waals surface area (Å²) in [6, 6.07) is 13.6. The number of aliphatic imine (C=N–C) groups is 1. The number of hydrogen-bond donors (Lipinski definition) is 0. The first-order valence-corrected chi connectivity index (χ1v) is 10.0. The highest BCUT2D eigenvalue weighted by atomic mass is 32.2. The van der Waals surface area contributed by atoms with Crippen LogP contribution >= 0.6 is 11.8 Å². The molecule has 6 heteroatoms. The fourth-order valence-corrected chi connectivity index (χ4v) is 3.89. The Morgan fingerprint density at radius 1 is 1.14 bits per heavy atom. The Bertz CT molecular complexity index is 937.